The molecule has 4 rings (SSSR count). The number of rotatable bonds is 7. The highest BCUT2D eigenvalue weighted by Crippen LogP contribution is 2.39. The lowest BCUT2D eigenvalue weighted by Crippen LogP contribution is -2.33. The highest BCUT2D eigenvalue weighted by atomic mass is 16.5. The van der Waals surface area contributed by atoms with Gasteiger partial charge in [0.05, 0.1) is 31.5 Å². The molecule has 4 aromatic rings. The van der Waals surface area contributed by atoms with Gasteiger partial charge in [0.2, 0.25) is 0 Å². The van der Waals surface area contributed by atoms with Crippen molar-refractivity contribution in [2.24, 2.45) is 0 Å². The lowest BCUT2D eigenvalue weighted by molar-refractivity contribution is 0.200. The Balaban J connectivity index is 1.75. The topological polar surface area (TPSA) is 105 Å². The van der Waals surface area contributed by atoms with E-state index in [1.165, 1.54) is 0 Å². The van der Waals surface area contributed by atoms with Crippen LogP contribution in [0.1, 0.15) is 22.7 Å². The van der Waals surface area contributed by atoms with Crippen molar-refractivity contribution in [2.45, 2.75) is 19.9 Å². The van der Waals surface area contributed by atoms with Crippen LogP contribution in [0, 0.1) is 25.2 Å². The molecule has 0 aliphatic heterocycles. The molecule has 1 aromatic heterocycles. The number of amides is 1. The van der Waals surface area contributed by atoms with Crippen molar-refractivity contribution in [3.05, 3.63) is 83.6 Å². The standard InChI is InChI=1S/C28H25N3O5/c1-17-13-25(36-24-10-11-30-21-15-27(35-4)26(34-3)14-20(21)24)18(2)12-22(17)31(28(32)33)23(16-29)19-8-6-5-7-9-19/h5-15,23H,1-4H3,(H,32,33). The molecule has 36 heavy (non-hydrogen) atoms. The Kier molecular flexibility index (Phi) is 6.93. The van der Waals surface area contributed by atoms with E-state index in [1.807, 2.05) is 13.0 Å². The number of nitriles is 1. The van der Waals surface area contributed by atoms with E-state index in [1.54, 1.807) is 81.9 Å². The van der Waals surface area contributed by atoms with Gasteiger partial charge in [-0.1, -0.05) is 30.3 Å². The Hall–Kier alpha value is -4.77. The molecule has 0 fully saturated rings. The molecule has 1 amide bonds. The molecule has 0 aliphatic carbocycles. The number of anilines is 1. The van der Waals surface area contributed by atoms with Crippen LogP contribution in [0.2, 0.25) is 0 Å². The van der Waals surface area contributed by atoms with Crippen molar-refractivity contribution in [3.63, 3.8) is 0 Å². The number of hydrogen-bond donors (Lipinski definition) is 1. The fraction of sp³-hybridized carbons (Fsp3) is 0.179. The van der Waals surface area contributed by atoms with Gasteiger partial charge in [-0.25, -0.2) is 4.79 Å². The van der Waals surface area contributed by atoms with Gasteiger partial charge in [0, 0.05) is 17.6 Å². The highest BCUT2D eigenvalue weighted by molar-refractivity contribution is 5.90. The first-order chi connectivity index (χ1) is 17.4. The fourth-order valence-electron chi connectivity index (χ4n) is 4.07. The smallest absolute Gasteiger partial charge is 0.413 e. The predicted molar refractivity (Wildman–Crippen MR) is 136 cm³/mol. The van der Waals surface area contributed by atoms with E-state index >= 15 is 0 Å². The van der Waals surface area contributed by atoms with Gasteiger partial charge in [0.15, 0.2) is 17.5 Å². The summed E-state index contributed by atoms with van der Waals surface area (Å²) in [4.78, 5) is 17.8. The van der Waals surface area contributed by atoms with E-state index in [0.717, 1.165) is 10.3 Å². The quantitative estimate of drug-likeness (QED) is 0.324. The van der Waals surface area contributed by atoms with Gasteiger partial charge in [-0.2, -0.15) is 5.26 Å². The Bertz CT molecular complexity index is 1460. The summed E-state index contributed by atoms with van der Waals surface area (Å²) in [5.74, 6) is 2.22. The van der Waals surface area contributed by atoms with Crippen LogP contribution in [0.25, 0.3) is 10.9 Å². The molecule has 1 N–H and O–H groups in total. The Morgan fingerprint density at radius 2 is 1.64 bits per heavy atom. The van der Waals surface area contributed by atoms with E-state index in [4.69, 9.17) is 14.2 Å². The van der Waals surface area contributed by atoms with Crippen LogP contribution < -0.4 is 19.1 Å². The van der Waals surface area contributed by atoms with Crippen molar-refractivity contribution < 1.29 is 24.1 Å². The first-order valence-electron chi connectivity index (χ1n) is 11.1. The zero-order valence-electron chi connectivity index (χ0n) is 20.4. The highest BCUT2D eigenvalue weighted by Gasteiger charge is 2.28. The summed E-state index contributed by atoms with van der Waals surface area (Å²) in [6, 6.07) is 18.8. The molecule has 0 radical (unpaired) electrons. The maximum absolute atomic E-state index is 12.3. The van der Waals surface area contributed by atoms with E-state index in [9.17, 15) is 15.2 Å². The third-order valence-corrected chi connectivity index (χ3v) is 5.88. The first kappa shape index (κ1) is 24.4. The molecule has 0 bridgehead atoms. The number of pyridine rings is 1. The lowest BCUT2D eigenvalue weighted by atomic mass is 10.0. The van der Waals surface area contributed by atoms with Crippen molar-refractivity contribution in [1.82, 2.24) is 4.98 Å². The molecule has 0 saturated carbocycles. The monoisotopic (exact) mass is 483 g/mol. The number of aromatic nitrogens is 1. The second-order valence-electron chi connectivity index (χ2n) is 8.13. The van der Waals surface area contributed by atoms with Crippen LogP contribution in [-0.2, 0) is 0 Å². The molecule has 8 heteroatoms. The van der Waals surface area contributed by atoms with Crippen LogP contribution in [-0.4, -0.2) is 30.4 Å². The molecule has 8 nitrogen and oxygen atoms in total. The van der Waals surface area contributed by atoms with Crippen LogP contribution >= 0.6 is 0 Å². The summed E-state index contributed by atoms with van der Waals surface area (Å²) in [6.45, 7) is 3.62. The molecule has 1 unspecified atom stereocenters. The van der Waals surface area contributed by atoms with Gasteiger partial charge in [0.1, 0.15) is 11.5 Å². The number of nitrogens with zero attached hydrogens (tertiary/aromatic N) is 3. The molecular weight excluding hydrogens is 458 g/mol. The predicted octanol–water partition coefficient (Wildman–Crippen LogP) is 6.41. The summed E-state index contributed by atoms with van der Waals surface area (Å²) in [5, 5.41) is 20.6. The van der Waals surface area contributed by atoms with Crippen LogP contribution in [0.3, 0.4) is 0 Å². The van der Waals surface area contributed by atoms with Gasteiger partial charge in [-0.15, -0.1) is 0 Å². The van der Waals surface area contributed by atoms with E-state index in [0.29, 0.717) is 50.9 Å². The van der Waals surface area contributed by atoms with E-state index in [-0.39, 0.29) is 0 Å². The Morgan fingerprint density at radius 1 is 0.944 bits per heavy atom. The minimum absolute atomic E-state index is 0.411. The minimum atomic E-state index is -1.22. The summed E-state index contributed by atoms with van der Waals surface area (Å²) in [5.41, 5.74) is 3.03. The maximum atomic E-state index is 12.3. The van der Waals surface area contributed by atoms with Crippen molar-refractivity contribution >= 4 is 22.7 Å². The fourth-order valence-corrected chi connectivity index (χ4v) is 4.07. The zero-order chi connectivity index (χ0) is 25.8. The average molecular weight is 484 g/mol. The Labute approximate surface area is 208 Å². The molecule has 3 aromatic carbocycles. The molecule has 1 heterocycles. The van der Waals surface area contributed by atoms with Crippen molar-refractivity contribution in [1.29, 1.82) is 5.26 Å². The molecule has 1 atom stereocenters. The lowest BCUT2D eigenvalue weighted by Gasteiger charge is -2.27. The third-order valence-electron chi connectivity index (χ3n) is 5.88. The number of fused-ring (bicyclic) bond motifs is 1. The molecule has 0 saturated heterocycles. The summed E-state index contributed by atoms with van der Waals surface area (Å²) >= 11 is 0. The van der Waals surface area contributed by atoms with Gasteiger partial charge < -0.3 is 19.3 Å². The number of carbonyl (C=O) groups is 1. The second-order valence-corrected chi connectivity index (χ2v) is 8.13. The van der Waals surface area contributed by atoms with Crippen LogP contribution in [0.15, 0.2) is 66.9 Å². The maximum Gasteiger partial charge on any atom is 0.413 e. The number of benzene rings is 3. The van der Waals surface area contributed by atoms with Gasteiger partial charge in [-0.3, -0.25) is 9.88 Å². The molecule has 182 valence electrons. The number of aryl methyl sites for hydroxylation is 2. The number of ether oxygens (including phenoxy) is 3. The molecular formula is C28H25N3O5. The first-order valence-corrected chi connectivity index (χ1v) is 11.1. The summed E-state index contributed by atoms with van der Waals surface area (Å²) in [6.07, 6.45) is 0.423. The van der Waals surface area contributed by atoms with Gasteiger partial charge in [0.25, 0.3) is 0 Å². The number of hydrogen-bond acceptors (Lipinski definition) is 6. The van der Waals surface area contributed by atoms with E-state index < -0.39 is 12.1 Å². The van der Waals surface area contributed by atoms with Gasteiger partial charge >= 0.3 is 6.09 Å². The zero-order valence-corrected chi connectivity index (χ0v) is 20.4. The van der Waals surface area contributed by atoms with Crippen LogP contribution in [0.4, 0.5) is 10.5 Å². The number of methoxy groups -OCH3 is 2. The van der Waals surface area contributed by atoms with Gasteiger partial charge in [-0.05, 0) is 54.8 Å². The van der Waals surface area contributed by atoms with Crippen molar-refractivity contribution in [2.75, 3.05) is 19.1 Å². The third kappa shape index (κ3) is 4.59. The second kappa shape index (κ2) is 10.2. The Morgan fingerprint density at radius 3 is 2.28 bits per heavy atom. The van der Waals surface area contributed by atoms with Crippen molar-refractivity contribution in [3.8, 4) is 29.1 Å². The summed E-state index contributed by atoms with van der Waals surface area (Å²) < 4.78 is 17.1. The summed E-state index contributed by atoms with van der Waals surface area (Å²) in [7, 11) is 3.12. The van der Waals surface area contributed by atoms with E-state index in [2.05, 4.69) is 11.1 Å². The molecule has 0 aliphatic rings. The normalized spacial score (nSPS) is 11.4. The average Bonchev–Trinajstić information content (AvgIpc) is 2.89. The minimum Gasteiger partial charge on any atom is -0.493 e. The number of carboxylic acid groups (broad SMARTS) is 1. The van der Waals surface area contributed by atoms with Crippen LogP contribution in [0.5, 0.6) is 23.0 Å². The molecule has 0 spiro atoms. The SMILES string of the molecule is COc1cc2nccc(Oc3cc(C)c(N(C(=O)O)C(C#N)c4ccccc4)cc3C)c2cc1OC. The largest absolute Gasteiger partial charge is 0.493 e.